The Hall–Kier alpha value is -0.570. The SMILES string of the molecule is CCCCCN(C)C1CC1C(=O)O. The lowest BCUT2D eigenvalue weighted by molar-refractivity contribution is -0.138. The summed E-state index contributed by atoms with van der Waals surface area (Å²) in [6.07, 6.45) is 4.50. The fraction of sp³-hybridized carbons (Fsp3) is 0.900. The van der Waals surface area contributed by atoms with Gasteiger partial charge in [-0.1, -0.05) is 19.8 Å². The number of carboxylic acid groups (broad SMARTS) is 1. The fourth-order valence-corrected chi connectivity index (χ4v) is 1.71. The third-order valence-corrected chi connectivity index (χ3v) is 2.75. The molecule has 13 heavy (non-hydrogen) atoms. The summed E-state index contributed by atoms with van der Waals surface area (Å²) in [5.41, 5.74) is 0. The standard InChI is InChI=1S/C10H19NO2/c1-3-4-5-6-11(2)9-7-8(9)10(12)13/h8-9H,3-7H2,1-2H3,(H,12,13). The van der Waals surface area contributed by atoms with Gasteiger partial charge in [-0.25, -0.2) is 0 Å². The van der Waals surface area contributed by atoms with E-state index in [1.165, 1.54) is 19.3 Å². The lowest BCUT2D eigenvalue weighted by Gasteiger charge is -2.15. The molecule has 1 N–H and O–H groups in total. The van der Waals surface area contributed by atoms with Crippen LogP contribution in [0.15, 0.2) is 0 Å². The molecule has 3 nitrogen and oxygen atoms in total. The average molecular weight is 185 g/mol. The van der Waals surface area contributed by atoms with Crippen molar-refractivity contribution >= 4 is 5.97 Å². The van der Waals surface area contributed by atoms with Crippen molar-refractivity contribution in [3.8, 4) is 0 Å². The largest absolute Gasteiger partial charge is 0.481 e. The monoisotopic (exact) mass is 185 g/mol. The molecule has 0 radical (unpaired) electrons. The molecule has 1 fully saturated rings. The van der Waals surface area contributed by atoms with Crippen LogP contribution in [0.2, 0.25) is 0 Å². The van der Waals surface area contributed by atoms with Crippen molar-refractivity contribution in [3.05, 3.63) is 0 Å². The minimum Gasteiger partial charge on any atom is -0.481 e. The summed E-state index contributed by atoms with van der Waals surface area (Å²) in [5, 5.41) is 8.72. The highest BCUT2D eigenvalue weighted by molar-refractivity contribution is 5.74. The van der Waals surface area contributed by atoms with E-state index < -0.39 is 5.97 Å². The first-order chi connectivity index (χ1) is 6.16. The summed E-state index contributed by atoms with van der Waals surface area (Å²) < 4.78 is 0. The normalized spacial score (nSPS) is 26.4. The van der Waals surface area contributed by atoms with Crippen LogP contribution < -0.4 is 0 Å². The van der Waals surface area contributed by atoms with Crippen molar-refractivity contribution in [2.75, 3.05) is 13.6 Å². The zero-order chi connectivity index (χ0) is 9.84. The van der Waals surface area contributed by atoms with Gasteiger partial charge in [0.2, 0.25) is 0 Å². The van der Waals surface area contributed by atoms with Crippen molar-refractivity contribution in [3.63, 3.8) is 0 Å². The quantitative estimate of drug-likeness (QED) is 0.639. The van der Waals surface area contributed by atoms with Crippen LogP contribution in [-0.4, -0.2) is 35.6 Å². The number of carboxylic acids is 1. The summed E-state index contributed by atoms with van der Waals surface area (Å²) in [6, 6.07) is 0.314. The molecule has 0 aromatic rings. The van der Waals surface area contributed by atoms with E-state index in [0.717, 1.165) is 13.0 Å². The average Bonchev–Trinajstić information content (AvgIpc) is 2.83. The molecule has 0 heterocycles. The smallest absolute Gasteiger partial charge is 0.308 e. The van der Waals surface area contributed by atoms with Crippen molar-refractivity contribution in [1.29, 1.82) is 0 Å². The van der Waals surface area contributed by atoms with Gasteiger partial charge in [-0.2, -0.15) is 0 Å². The molecule has 0 amide bonds. The van der Waals surface area contributed by atoms with Crippen molar-refractivity contribution in [2.24, 2.45) is 5.92 Å². The number of hydrogen-bond donors (Lipinski definition) is 1. The molecule has 76 valence electrons. The van der Waals surface area contributed by atoms with E-state index in [9.17, 15) is 4.79 Å². The Morgan fingerprint density at radius 2 is 2.23 bits per heavy atom. The maximum absolute atomic E-state index is 10.6. The molecule has 0 spiro atoms. The summed E-state index contributed by atoms with van der Waals surface area (Å²) >= 11 is 0. The maximum atomic E-state index is 10.6. The Labute approximate surface area is 79.7 Å². The second kappa shape index (κ2) is 4.61. The molecular formula is C10H19NO2. The molecule has 0 bridgehead atoms. The first-order valence-electron chi connectivity index (χ1n) is 5.09. The van der Waals surface area contributed by atoms with Crippen molar-refractivity contribution in [2.45, 2.75) is 38.6 Å². The lowest BCUT2D eigenvalue weighted by Crippen LogP contribution is -2.25. The molecule has 1 rings (SSSR count). The van der Waals surface area contributed by atoms with E-state index >= 15 is 0 Å². The Balaban J connectivity index is 2.12. The van der Waals surface area contributed by atoms with Gasteiger partial charge in [-0.05, 0) is 26.4 Å². The number of nitrogens with zero attached hydrogens (tertiary/aromatic N) is 1. The Morgan fingerprint density at radius 3 is 2.69 bits per heavy atom. The number of hydrogen-bond acceptors (Lipinski definition) is 2. The highest BCUT2D eigenvalue weighted by Gasteiger charge is 2.45. The highest BCUT2D eigenvalue weighted by atomic mass is 16.4. The van der Waals surface area contributed by atoms with E-state index in [4.69, 9.17) is 5.11 Å². The fourth-order valence-electron chi connectivity index (χ4n) is 1.71. The van der Waals surface area contributed by atoms with Gasteiger partial charge in [0.05, 0.1) is 5.92 Å². The van der Waals surface area contributed by atoms with Gasteiger partial charge in [-0.15, -0.1) is 0 Å². The molecule has 1 aliphatic carbocycles. The second-order valence-corrected chi connectivity index (χ2v) is 3.94. The van der Waals surface area contributed by atoms with Crippen LogP contribution in [0, 0.1) is 5.92 Å². The number of aliphatic carboxylic acids is 1. The third-order valence-electron chi connectivity index (χ3n) is 2.75. The highest BCUT2D eigenvalue weighted by Crippen LogP contribution is 2.35. The molecule has 3 heteroatoms. The van der Waals surface area contributed by atoms with Crippen LogP contribution in [0.5, 0.6) is 0 Å². The Bertz CT molecular complexity index is 182. The van der Waals surface area contributed by atoms with Crippen LogP contribution in [0.25, 0.3) is 0 Å². The number of carbonyl (C=O) groups is 1. The molecule has 2 atom stereocenters. The number of unbranched alkanes of at least 4 members (excludes halogenated alkanes) is 2. The molecule has 0 aromatic heterocycles. The van der Waals surface area contributed by atoms with Crippen LogP contribution in [-0.2, 0) is 4.79 Å². The third kappa shape index (κ3) is 2.99. The zero-order valence-electron chi connectivity index (χ0n) is 8.49. The van der Waals surface area contributed by atoms with Gasteiger partial charge < -0.3 is 10.0 Å². The molecular weight excluding hydrogens is 166 g/mol. The van der Waals surface area contributed by atoms with Gasteiger partial charge >= 0.3 is 5.97 Å². The van der Waals surface area contributed by atoms with Crippen LogP contribution >= 0.6 is 0 Å². The van der Waals surface area contributed by atoms with Crippen molar-refractivity contribution in [1.82, 2.24) is 4.90 Å². The predicted molar refractivity (Wildman–Crippen MR) is 51.7 cm³/mol. The zero-order valence-corrected chi connectivity index (χ0v) is 8.49. The second-order valence-electron chi connectivity index (χ2n) is 3.94. The van der Waals surface area contributed by atoms with E-state index in [1.807, 2.05) is 7.05 Å². The van der Waals surface area contributed by atoms with E-state index in [-0.39, 0.29) is 5.92 Å². The summed E-state index contributed by atoms with van der Waals surface area (Å²) in [7, 11) is 2.03. The summed E-state index contributed by atoms with van der Waals surface area (Å²) in [6.45, 7) is 3.22. The van der Waals surface area contributed by atoms with E-state index in [2.05, 4.69) is 11.8 Å². The van der Waals surface area contributed by atoms with Crippen LogP contribution in [0.3, 0.4) is 0 Å². The molecule has 2 unspecified atom stereocenters. The topological polar surface area (TPSA) is 40.5 Å². The molecule has 0 aromatic carbocycles. The van der Waals surface area contributed by atoms with Gasteiger partial charge in [0, 0.05) is 6.04 Å². The summed E-state index contributed by atoms with van der Waals surface area (Å²) in [4.78, 5) is 12.8. The molecule has 0 saturated heterocycles. The first-order valence-corrected chi connectivity index (χ1v) is 5.09. The molecule has 1 aliphatic rings. The van der Waals surface area contributed by atoms with Gasteiger partial charge in [-0.3, -0.25) is 4.79 Å². The first kappa shape index (κ1) is 10.5. The Kier molecular flexibility index (Phi) is 3.72. The van der Waals surface area contributed by atoms with Gasteiger partial charge in [0.15, 0.2) is 0 Å². The minimum atomic E-state index is -0.632. The van der Waals surface area contributed by atoms with E-state index in [1.54, 1.807) is 0 Å². The lowest BCUT2D eigenvalue weighted by atomic mass is 10.2. The maximum Gasteiger partial charge on any atom is 0.308 e. The number of rotatable bonds is 6. The predicted octanol–water partition coefficient (Wildman–Crippen LogP) is 1.58. The summed E-state index contributed by atoms with van der Waals surface area (Å²) in [5.74, 6) is -0.723. The minimum absolute atomic E-state index is 0.0911. The molecule has 0 aliphatic heterocycles. The van der Waals surface area contributed by atoms with Gasteiger partial charge in [0.1, 0.15) is 0 Å². The van der Waals surface area contributed by atoms with E-state index in [0.29, 0.717) is 6.04 Å². The van der Waals surface area contributed by atoms with Crippen LogP contribution in [0.4, 0.5) is 0 Å². The Morgan fingerprint density at radius 1 is 1.54 bits per heavy atom. The van der Waals surface area contributed by atoms with Crippen LogP contribution in [0.1, 0.15) is 32.6 Å². The molecule has 1 saturated carbocycles. The van der Waals surface area contributed by atoms with Crippen molar-refractivity contribution < 1.29 is 9.90 Å². The van der Waals surface area contributed by atoms with Gasteiger partial charge in [0.25, 0.3) is 0 Å².